The van der Waals surface area contributed by atoms with Gasteiger partial charge in [0.15, 0.2) is 0 Å². The van der Waals surface area contributed by atoms with Crippen molar-refractivity contribution in [2.45, 2.75) is 39.2 Å². The molecule has 0 aromatic heterocycles. The van der Waals surface area contributed by atoms with E-state index in [4.69, 9.17) is 0 Å². The summed E-state index contributed by atoms with van der Waals surface area (Å²) in [6.07, 6.45) is 2.04. The Bertz CT molecular complexity index is 548. The number of aliphatic hydroxyl groups excluding tert-OH is 1. The van der Waals surface area contributed by atoms with Gasteiger partial charge in [-0.25, -0.2) is 0 Å². The number of anilines is 1. The first-order chi connectivity index (χ1) is 10.5. The van der Waals surface area contributed by atoms with Gasteiger partial charge in [-0.05, 0) is 41.9 Å². The molecule has 0 bridgehead atoms. The van der Waals surface area contributed by atoms with Crippen LogP contribution in [0.2, 0.25) is 0 Å². The molecule has 1 aromatic rings. The van der Waals surface area contributed by atoms with Gasteiger partial charge in [0.1, 0.15) is 0 Å². The van der Waals surface area contributed by atoms with E-state index in [1.807, 2.05) is 18.2 Å². The zero-order chi connectivity index (χ0) is 15.7. The number of fused-ring (bicyclic) bond motifs is 1. The Morgan fingerprint density at radius 3 is 2.77 bits per heavy atom. The summed E-state index contributed by atoms with van der Waals surface area (Å²) in [5.41, 5.74) is 2.81. The van der Waals surface area contributed by atoms with E-state index in [9.17, 15) is 9.90 Å². The van der Waals surface area contributed by atoms with E-state index >= 15 is 0 Å². The number of likely N-dealkylation sites (tertiary alicyclic amines) is 1. The van der Waals surface area contributed by atoms with E-state index < -0.39 is 6.10 Å². The summed E-state index contributed by atoms with van der Waals surface area (Å²) in [6.45, 7) is 7.83. The van der Waals surface area contributed by atoms with Crippen LogP contribution in [0.4, 0.5) is 5.69 Å². The van der Waals surface area contributed by atoms with Gasteiger partial charge in [-0.2, -0.15) is 0 Å². The molecule has 1 fully saturated rings. The zero-order valence-corrected chi connectivity index (χ0v) is 13.5. The Balaban J connectivity index is 1.57. The highest BCUT2D eigenvalue weighted by Gasteiger charge is 2.23. The van der Waals surface area contributed by atoms with Crippen molar-refractivity contribution < 1.29 is 9.90 Å². The Hall–Kier alpha value is -1.39. The number of nitrogens with one attached hydrogen (secondary N) is 1. The summed E-state index contributed by atoms with van der Waals surface area (Å²) in [5, 5.41) is 13.3. The molecular weight excluding hydrogens is 276 g/mol. The number of aliphatic hydroxyl groups is 1. The molecule has 2 aliphatic heterocycles. The zero-order valence-electron chi connectivity index (χ0n) is 13.5. The molecule has 1 saturated heterocycles. The van der Waals surface area contributed by atoms with Gasteiger partial charge in [0.05, 0.1) is 12.5 Å². The first-order valence-electron chi connectivity index (χ1n) is 8.34. The minimum Gasteiger partial charge on any atom is -0.388 e. The molecule has 4 nitrogen and oxygen atoms in total. The van der Waals surface area contributed by atoms with Crippen LogP contribution in [-0.4, -0.2) is 35.5 Å². The smallest absolute Gasteiger partial charge is 0.228 e. The van der Waals surface area contributed by atoms with E-state index in [0.29, 0.717) is 6.42 Å². The first-order valence-corrected chi connectivity index (χ1v) is 8.34. The summed E-state index contributed by atoms with van der Waals surface area (Å²) < 4.78 is 0. The number of hydrogen-bond donors (Lipinski definition) is 2. The monoisotopic (exact) mass is 302 g/mol. The Kier molecular flexibility index (Phi) is 4.50. The number of piperidine rings is 1. The van der Waals surface area contributed by atoms with Crippen LogP contribution in [0.15, 0.2) is 18.2 Å². The van der Waals surface area contributed by atoms with Crippen LogP contribution in [0.5, 0.6) is 0 Å². The number of benzene rings is 1. The third kappa shape index (κ3) is 3.50. The summed E-state index contributed by atoms with van der Waals surface area (Å²) in [5.74, 6) is 1.54. The summed E-state index contributed by atoms with van der Waals surface area (Å²) in [6, 6.07) is 5.81. The average Bonchev–Trinajstić information content (AvgIpc) is 2.82. The Morgan fingerprint density at radius 1 is 1.32 bits per heavy atom. The van der Waals surface area contributed by atoms with Crippen molar-refractivity contribution in [3.63, 3.8) is 0 Å². The molecule has 3 rings (SSSR count). The Morgan fingerprint density at radius 2 is 2.05 bits per heavy atom. The van der Waals surface area contributed by atoms with E-state index in [2.05, 4.69) is 24.1 Å². The highest BCUT2D eigenvalue weighted by Crippen LogP contribution is 2.28. The summed E-state index contributed by atoms with van der Waals surface area (Å²) >= 11 is 0. The molecule has 0 aliphatic carbocycles. The largest absolute Gasteiger partial charge is 0.388 e. The van der Waals surface area contributed by atoms with Crippen LogP contribution < -0.4 is 5.32 Å². The maximum Gasteiger partial charge on any atom is 0.228 e. The second kappa shape index (κ2) is 6.39. The number of nitrogens with zero attached hydrogens (tertiary/aromatic N) is 1. The van der Waals surface area contributed by atoms with Gasteiger partial charge in [0, 0.05) is 25.3 Å². The number of carbonyl (C=O) groups is 1. The number of hydrogen-bond acceptors (Lipinski definition) is 3. The maximum absolute atomic E-state index is 11.4. The molecule has 0 saturated carbocycles. The van der Waals surface area contributed by atoms with Gasteiger partial charge >= 0.3 is 0 Å². The lowest BCUT2D eigenvalue weighted by Gasteiger charge is -2.35. The standard InChI is InChI=1S/C18H26N2O2/c1-12-7-13(2)11-20(10-12)6-5-17(21)14-3-4-16-15(8-14)9-18(22)19-16/h3-4,8,12-13,17,21H,5-7,9-11H2,1-2H3,(H,19,22). The molecule has 2 N–H and O–H groups in total. The van der Waals surface area contributed by atoms with Crippen LogP contribution in [0.1, 0.15) is 43.9 Å². The van der Waals surface area contributed by atoms with Crippen molar-refractivity contribution >= 4 is 11.6 Å². The lowest BCUT2D eigenvalue weighted by atomic mass is 9.91. The maximum atomic E-state index is 11.4. The molecule has 120 valence electrons. The van der Waals surface area contributed by atoms with E-state index in [0.717, 1.165) is 54.7 Å². The number of amides is 1. The molecule has 22 heavy (non-hydrogen) atoms. The molecule has 3 atom stereocenters. The van der Waals surface area contributed by atoms with Crippen molar-refractivity contribution in [1.82, 2.24) is 4.90 Å². The molecule has 1 aromatic carbocycles. The Labute approximate surface area is 132 Å². The molecule has 0 spiro atoms. The number of carbonyl (C=O) groups excluding carboxylic acids is 1. The lowest BCUT2D eigenvalue weighted by Crippen LogP contribution is -2.39. The lowest BCUT2D eigenvalue weighted by molar-refractivity contribution is -0.115. The van der Waals surface area contributed by atoms with Crippen molar-refractivity contribution in [3.05, 3.63) is 29.3 Å². The fourth-order valence-electron chi connectivity index (χ4n) is 3.90. The molecule has 1 amide bonds. The van der Waals surface area contributed by atoms with Crippen molar-refractivity contribution in [3.8, 4) is 0 Å². The van der Waals surface area contributed by atoms with Crippen molar-refractivity contribution in [1.29, 1.82) is 0 Å². The van der Waals surface area contributed by atoms with Gasteiger partial charge < -0.3 is 15.3 Å². The minimum atomic E-state index is -0.450. The van der Waals surface area contributed by atoms with E-state index in [1.54, 1.807) is 0 Å². The van der Waals surface area contributed by atoms with Gasteiger partial charge in [-0.15, -0.1) is 0 Å². The van der Waals surface area contributed by atoms with Crippen LogP contribution >= 0.6 is 0 Å². The predicted octanol–water partition coefficient (Wildman–Crippen LogP) is 2.58. The topological polar surface area (TPSA) is 52.6 Å². The highest BCUT2D eigenvalue weighted by molar-refractivity contribution is 5.99. The third-order valence-electron chi connectivity index (χ3n) is 4.80. The first kappa shape index (κ1) is 15.5. The molecule has 2 heterocycles. The summed E-state index contributed by atoms with van der Waals surface area (Å²) in [4.78, 5) is 13.9. The van der Waals surface area contributed by atoms with Crippen LogP contribution in [0, 0.1) is 11.8 Å². The van der Waals surface area contributed by atoms with Crippen LogP contribution in [0.3, 0.4) is 0 Å². The van der Waals surface area contributed by atoms with E-state index in [1.165, 1.54) is 6.42 Å². The van der Waals surface area contributed by atoms with E-state index in [-0.39, 0.29) is 5.91 Å². The van der Waals surface area contributed by atoms with Gasteiger partial charge in [-0.3, -0.25) is 4.79 Å². The molecule has 3 unspecified atom stereocenters. The average molecular weight is 302 g/mol. The second-order valence-electron chi connectivity index (χ2n) is 7.15. The van der Waals surface area contributed by atoms with Crippen LogP contribution in [-0.2, 0) is 11.2 Å². The quantitative estimate of drug-likeness (QED) is 0.899. The molecule has 4 heteroatoms. The van der Waals surface area contributed by atoms with Crippen molar-refractivity contribution in [2.75, 3.05) is 25.0 Å². The molecular formula is C18H26N2O2. The summed E-state index contributed by atoms with van der Waals surface area (Å²) in [7, 11) is 0. The molecule has 0 radical (unpaired) electrons. The fraction of sp³-hybridized carbons (Fsp3) is 0.611. The van der Waals surface area contributed by atoms with Crippen molar-refractivity contribution in [2.24, 2.45) is 11.8 Å². The van der Waals surface area contributed by atoms with Gasteiger partial charge in [0.25, 0.3) is 0 Å². The SMILES string of the molecule is CC1CC(C)CN(CCC(O)c2ccc3c(c2)CC(=O)N3)C1. The third-order valence-corrected chi connectivity index (χ3v) is 4.80. The van der Waals surface area contributed by atoms with Gasteiger partial charge in [0.2, 0.25) is 5.91 Å². The molecule has 2 aliphatic rings. The minimum absolute atomic E-state index is 0.0398. The van der Waals surface area contributed by atoms with Crippen LogP contribution in [0.25, 0.3) is 0 Å². The van der Waals surface area contributed by atoms with Gasteiger partial charge in [-0.1, -0.05) is 26.0 Å². The highest BCUT2D eigenvalue weighted by atomic mass is 16.3. The number of rotatable bonds is 4. The second-order valence-corrected chi connectivity index (χ2v) is 7.15. The fourth-order valence-corrected chi connectivity index (χ4v) is 3.90. The predicted molar refractivity (Wildman–Crippen MR) is 87.7 cm³/mol. The normalized spacial score (nSPS) is 26.6.